The van der Waals surface area contributed by atoms with Crippen LogP contribution in [0.2, 0.25) is 0 Å². The van der Waals surface area contributed by atoms with Gasteiger partial charge in [0.25, 0.3) is 0 Å². The van der Waals surface area contributed by atoms with Crippen LogP contribution in [0.3, 0.4) is 0 Å². The number of hydrogen-bond acceptors (Lipinski definition) is 8. The Morgan fingerprint density at radius 1 is 1.04 bits per heavy atom. The van der Waals surface area contributed by atoms with E-state index >= 15 is 0 Å². The number of phenolic OH excluding ortho intramolecular Hbond substituents is 1. The number of ketones is 1. The van der Waals surface area contributed by atoms with E-state index in [2.05, 4.69) is 34.6 Å². The number of rotatable bonds is 12. The third-order valence-electron chi connectivity index (χ3n) is 15.8. The monoisotopic (exact) mass is 735 g/mol. The van der Waals surface area contributed by atoms with Crippen LogP contribution >= 0.6 is 0 Å². The highest BCUT2D eigenvalue weighted by Crippen LogP contribution is 2.70. The number of ether oxygens (including phenoxy) is 1. The zero-order valence-electron chi connectivity index (χ0n) is 32.9. The van der Waals surface area contributed by atoms with Gasteiger partial charge in [0.1, 0.15) is 11.9 Å². The van der Waals surface area contributed by atoms with Crippen LogP contribution < -0.4 is 4.90 Å². The van der Waals surface area contributed by atoms with Crippen LogP contribution in [0, 0.1) is 46.3 Å². The van der Waals surface area contributed by atoms with E-state index in [0.717, 1.165) is 36.8 Å². The molecule has 0 unspecified atom stereocenters. The standard InChI is InChI=1S/C44H65NO8/c1-7-8-9-10-28-19-38(50)45(24-28)29-17-27(18-30(46)20-29)11-14-43-15-12-31-32(21-34(47)33-22-35(48)36(49)23-41(31,33)5)44(43,52)16-13-37(43)42(6,51)40-39(53-40)26(4)25(2)3/h17-18,20-21,25-26,28,31,33,35-37,39-40,46,48-49,51-52H,7-16,19,22-24H2,1-6H3/t26-,28-,31-,33-,35-,36+,37-,39+,40+,41-,42-,43-,44-/m1/s1. The maximum atomic E-state index is 13.9. The molecule has 5 N–H and O–H groups in total. The molecule has 5 fully saturated rings. The van der Waals surface area contributed by atoms with Gasteiger partial charge in [-0.25, -0.2) is 0 Å². The summed E-state index contributed by atoms with van der Waals surface area (Å²) in [5.41, 5.74) is -1.72. The average Bonchev–Trinajstić information content (AvgIpc) is 3.73. The summed E-state index contributed by atoms with van der Waals surface area (Å²) in [5, 5.41) is 58.3. The highest BCUT2D eigenvalue weighted by atomic mass is 16.6. The van der Waals surface area contributed by atoms with Crippen molar-refractivity contribution in [1.29, 1.82) is 0 Å². The Bertz CT molecular complexity index is 1600. The predicted octanol–water partition coefficient (Wildman–Crippen LogP) is 6.25. The SMILES string of the molecule is CCCCC[C@@H]1CC(=O)N(c2cc(O)cc(CC[C@]34CC[C@@H]5C(=CC(=O)[C@H]6C[C@@H](O)[C@@H](O)C[C@@]65C)[C@]3(O)CC[C@@H]4[C@@](C)(O)[C@H]3O[C@H]3[C@H](C)C(C)C)c2)C1. The first-order valence-electron chi connectivity index (χ1n) is 20.8. The van der Waals surface area contributed by atoms with E-state index < -0.39 is 40.2 Å². The number of carbonyl (C=O) groups is 2. The van der Waals surface area contributed by atoms with Crippen LogP contribution in [0.5, 0.6) is 5.75 Å². The zero-order chi connectivity index (χ0) is 38.2. The predicted molar refractivity (Wildman–Crippen MR) is 203 cm³/mol. The van der Waals surface area contributed by atoms with Crippen molar-refractivity contribution in [1.82, 2.24) is 0 Å². The number of benzene rings is 1. The number of aryl methyl sites for hydroxylation is 1. The Kier molecular flexibility index (Phi) is 10.3. The third kappa shape index (κ3) is 6.42. The molecule has 2 saturated heterocycles. The van der Waals surface area contributed by atoms with Gasteiger partial charge in [-0.2, -0.15) is 0 Å². The van der Waals surface area contributed by atoms with Gasteiger partial charge < -0.3 is 35.2 Å². The highest BCUT2D eigenvalue weighted by Gasteiger charge is 2.72. The first-order valence-corrected chi connectivity index (χ1v) is 20.8. The summed E-state index contributed by atoms with van der Waals surface area (Å²) >= 11 is 0. The Hall–Kier alpha value is -2.30. The second-order valence-electron chi connectivity index (χ2n) is 19.1. The number of unbranched alkanes of at least 4 members (excludes halogenated alkanes) is 2. The van der Waals surface area contributed by atoms with Crippen molar-refractivity contribution in [3.05, 3.63) is 35.4 Å². The molecule has 6 aliphatic rings. The molecular weight excluding hydrogens is 670 g/mol. The van der Waals surface area contributed by atoms with Gasteiger partial charge in [0.15, 0.2) is 5.78 Å². The highest BCUT2D eigenvalue weighted by molar-refractivity contribution is 5.96. The van der Waals surface area contributed by atoms with Crippen LogP contribution in [-0.2, 0) is 20.7 Å². The van der Waals surface area contributed by atoms with E-state index in [1.54, 1.807) is 18.2 Å². The van der Waals surface area contributed by atoms with Gasteiger partial charge in [0.05, 0.1) is 29.5 Å². The number of aliphatic hydroxyl groups is 4. The molecule has 53 heavy (non-hydrogen) atoms. The number of carbonyl (C=O) groups excluding carboxylic acids is 2. The molecule has 0 bridgehead atoms. The van der Waals surface area contributed by atoms with Gasteiger partial charge in [0, 0.05) is 36.1 Å². The Balaban J connectivity index is 1.22. The number of fused-ring (bicyclic) bond motifs is 5. The normalized spacial score (nSPS) is 41.1. The summed E-state index contributed by atoms with van der Waals surface area (Å²) in [5.74, 6) is 0.145. The molecule has 0 spiro atoms. The zero-order valence-corrected chi connectivity index (χ0v) is 32.9. The minimum absolute atomic E-state index is 0.0743. The molecule has 2 heterocycles. The van der Waals surface area contributed by atoms with Gasteiger partial charge in [-0.3, -0.25) is 9.59 Å². The fraction of sp³-hybridized carbons (Fsp3) is 0.773. The lowest BCUT2D eigenvalue weighted by Crippen LogP contribution is -2.63. The largest absolute Gasteiger partial charge is 0.508 e. The minimum Gasteiger partial charge on any atom is -0.508 e. The smallest absolute Gasteiger partial charge is 0.227 e. The van der Waals surface area contributed by atoms with Crippen molar-refractivity contribution in [2.24, 2.45) is 46.3 Å². The lowest BCUT2D eigenvalue weighted by Gasteiger charge is -2.61. The topological polar surface area (TPSA) is 151 Å². The molecule has 4 aliphatic carbocycles. The summed E-state index contributed by atoms with van der Waals surface area (Å²) in [4.78, 5) is 29.0. The van der Waals surface area contributed by atoms with Crippen molar-refractivity contribution < 1.29 is 39.9 Å². The molecule has 13 atom stereocenters. The molecule has 0 radical (unpaired) electrons. The van der Waals surface area contributed by atoms with Crippen LogP contribution in [0.4, 0.5) is 5.69 Å². The molecule has 9 nitrogen and oxygen atoms in total. The van der Waals surface area contributed by atoms with E-state index in [0.29, 0.717) is 75.4 Å². The van der Waals surface area contributed by atoms with Gasteiger partial charge in [0.2, 0.25) is 5.91 Å². The minimum atomic E-state index is -1.38. The third-order valence-corrected chi connectivity index (χ3v) is 15.8. The number of anilines is 1. The van der Waals surface area contributed by atoms with Gasteiger partial charge in [-0.1, -0.05) is 53.9 Å². The number of aromatic hydroxyl groups is 1. The van der Waals surface area contributed by atoms with Crippen LogP contribution in [0.25, 0.3) is 0 Å². The lowest BCUT2D eigenvalue weighted by molar-refractivity contribution is -0.168. The number of phenols is 1. The Morgan fingerprint density at radius 2 is 1.79 bits per heavy atom. The maximum absolute atomic E-state index is 13.9. The molecular formula is C44H65NO8. The van der Waals surface area contributed by atoms with E-state index in [1.807, 2.05) is 17.9 Å². The van der Waals surface area contributed by atoms with Gasteiger partial charge in [-0.15, -0.1) is 0 Å². The van der Waals surface area contributed by atoms with Crippen LogP contribution in [0.1, 0.15) is 124 Å². The second-order valence-corrected chi connectivity index (χ2v) is 19.1. The van der Waals surface area contributed by atoms with Crippen molar-refractivity contribution in [2.45, 2.75) is 161 Å². The number of allylic oxidation sites excluding steroid dienone is 1. The van der Waals surface area contributed by atoms with E-state index in [-0.39, 0.29) is 53.8 Å². The number of aliphatic hydroxyl groups excluding tert-OH is 2. The fourth-order valence-corrected chi connectivity index (χ4v) is 12.4. The molecule has 3 saturated carbocycles. The molecule has 7 rings (SSSR count). The van der Waals surface area contributed by atoms with Crippen LogP contribution in [-0.4, -0.2) is 79.4 Å². The van der Waals surface area contributed by atoms with Gasteiger partial charge in [-0.05, 0) is 129 Å². The number of epoxide rings is 1. The van der Waals surface area contributed by atoms with Crippen molar-refractivity contribution in [3.63, 3.8) is 0 Å². The molecule has 2 aliphatic heterocycles. The summed E-state index contributed by atoms with van der Waals surface area (Å²) in [6.07, 6.45) is 8.11. The first-order chi connectivity index (χ1) is 25.0. The molecule has 1 aromatic rings. The summed E-state index contributed by atoms with van der Waals surface area (Å²) in [6.45, 7) is 13.3. The average molecular weight is 736 g/mol. The molecule has 294 valence electrons. The summed E-state index contributed by atoms with van der Waals surface area (Å²) < 4.78 is 6.29. The molecule has 1 amide bonds. The van der Waals surface area contributed by atoms with E-state index in [1.165, 1.54) is 0 Å². The number of nitrogens with zero attached hydrogens (tertiary/aromatic N) is 1. The molecule has 0 aromatic heterocycles. The summed E-state index contributed by atoms with van der Waals surface area (Å²) in [7, 11) is 0. The summed E-state index contributed by atoms with van der Waals surface area (Å²) in [6, 6.07) is 5.42. The van der Waals surface area contributed by atoms with Crippen LogP contribution in [0.15, 0.2) is 29.8 Å². The molecule has 1 aromatic carbocycles. The Labute approximate surface area is 316 Å². The van der Waals surface area contributed by atoms with Crippen molar-refractivity contribution in [3.8, 4) is 5.75 Å². The lowest BCUT2D eigenvalue weighted by atomic mass is 9.44. The maximum Gasteiger partial charge on any atom is 0.227 e. The molecule has 9 heteroatoms. The fourth-order valence-electron chi connectivity index (χ4n) is 12.4. The van der Waals surface area contributed by atoms with Gasteiger partial charge >= 0.3 is 0 Å². The second kappa shape index (κ2) is 14.0. The van der Waals surface area contributed by atoms with Crippen molar-refractivity contribution in [2.75, 3.05) is 11.4 Å². The number of hydrogen-bond donors (Lipinski definition) is 5. The Morgan fingerprint density at radius 3 is 2.51 bits per heavy atom. The van der Waals surface area contributed by atoms with Crippen molar-refractivity contribution >= 4 is 17.4 Å². The quantitative estimate of drug-likeness (QED) is 0.125. The van der Waals surface area contributed by atoms with E-state index in [4.69, 9.17) is 4.74 Å². The van der Waals surface area contributed by atoms with E-state index in [9.17, 15) is 35.1 Å². The first kappa shape index (κ1) is 39.0. The number of amides is 1.